The van der Waals surface area contributed by atoms with Gasteiger partial charge in [0.05, 0.1) is 0 Å². The quantitative estimate of drug-likeness (QED) is 0.837. The predicted molar refractivity (Wildman–Crippen MR) is 59.2 cm³/mol. The predicted octanol–water partition coefficient (Wildman–Crippen LogP) is 1.47. The van der Waals surface area contributed by atoms with E-state index in [0.29, 0.717) is 6.42 Å². The molecule has 0 aromatic heterocycles. The molecule has 2 rings (SSSR count). The Morgan fingerprint density at radius 1 is 1.44 bits per heavy atom. The van der Waals surface area contributed by atoms with Gasteiger partial charge in [0.15, 0.2) is 11.5 Å². The Balaban J connectivity index is 2.02. The van der Waals surface area contributed by atoms with E-state index in [9.17, 15) is 4.79 Å². The number of hydrogen-bond donors (Lipinski definition) is 1. The number of ether oxygens (including phenoxy) is 2. The number of rotatable bonds is 4. The zero-order valence-electron chi connectivity index (χ0n) is 9.23. The summed E-state index contributed by atoms with van der Waals surface area (Å²) in [6.07, 6.45) is 1.23. The zero-order valence-corrected chi connectivity index (χ0v) is 9.23. The summed E-state index contributed by atoms with van der Waals surface area (Å²) in [5.74, 6) is 1.56. The van der Waals surface area contributed by atoms with Crippen molar-refractivity contribution in [3.05, 3.63) is 23.8 Å². The second kappa shape index (κ2) is 4.43. The zero-order chi connectivity index (χ0) is 11.5. The van der Waals surface area contributed by atoms with E-state index in [1.165, 1.54) is 0 Å². The number of benzene rings is 1. The number of nitrogens with two attached hydrogens (primary N) is 1. The summed E-state index contributed by atoms with van der Waals surface area (Å²) in [4.78, 5) is 10.8. The monoisotopic (exact) mass is 221 g/mol. The normalized spacial score (nSPS) is 14.8. The van der Waals surface area contributed by atoms with E-state index in [-0.39, 0.29) is 18.6 Å². The third-order valence-corrected chi connectivity index (χ3v) is 2.57. The maximum atomic E-state index is 10.8. The van der Waals surface area contributed by atoms with Gasteiger partial charge in [0, 0.05) is 6.42 Å². The van der Waals surface area contributed by atoms with Crippen LogP contribution in [-0.2, 0) is 11.2 Å². The first-order valence-electron chi connectivity index (χ1n) is 5.32. The second-order valence-electron chi connectivity index (χ2n) is 4.17. The van der Waals surface area contributed by atoms with Gasteiger partial charge in [-0.1, -0.05) is 13.0 Å². The first-order valence-corrected chi connectivity index (χ1v) is 5.32. The van der Waals surface area contributed by atoms with Crippen LogP contribution in [0.25, 0.3) is 0 Å². The molecule has 4 nitrogen and oxygen atoms in total. The van der Waals surface area contributed by atoms with Crippen LogP contribution in [0.15, 0.2) is 18.2 Å². The van der Waals surface area contributed by atoms with Gasteiger partial charge in [-0.25, -0.2) is 0 Å². The molecule has 86 valence electrons. The molecule has 1 aliphatic heterocycles. The molecule has 16 heavy (non-hydrogen) atoms. The molecule has 1 aromatic carbocycles. The average molecular weight is 221 g/mol. The van der Waals surface area contributed by atoms with E-state index in [2.05, 4.69) is 0 Å². The highest BCUT2D eigenvalue weighted by molar-refractivity contribution is 5.73. The summed E-state index contributed by atoms with van der Waals surface area (Å²) < 4.78 is 10.5. The van der Waals surface area contributed by atoms with Crippen molar-refractivity contribution in [2.75, 3.05) is 6.79 Å². The fourth-order valence-electron chi connectivity index (χ4n) is 1.89. The van der Waals surface area contributed by atoms with Crippen LogP contribution in [0.1, 0.15) is 18.9 Å². The summed E-state index contributed by atoms with van der Waals surface area (Å²) >= 11 is 0. The molecule has 1 aromatic rings. The fourth-order valence-corrected chi connectivity index (χ4v) is 1.89. The minimum absolute atomic E-state index is 0.248. The lowest BCUT2D eigenvalue weighted by atomic mass is 9.97. The first kappa shape index (κ1) is 10.8. The minimum Gasteiger partial charge on any atom is -0.454 e. The van der Waals surface area contributed by atoms with Crippen molar-refractivity contribution in [3.8, 4) is 11.5 Å². The van der Waals surface area contributed by atoms with Gasteiger partial charge >= 0.3 is 0 Å². The van der Waals surface area contributed by atoms with E-state index in [4.69, 9.17) is 15.2 Å². The Bertz CT molecular complexity index is 403. The van der Waals surface area contributed by atoms with Gasteiger partial charge in [-0.2, -0.15) is 0 Å². The summed E-state index contributed by atoms with van der Waals surface area (Å²) in [6, 6.07) is 5.85. The maximum Gasteiger partial charge on any atom is 0.231 e. The molecular formula is C12H15NO3. The first-order chi connectivity index (χ1) is 7.65. The fraction of sp³-hybridized carbons (Fsp3) is 0.417. The molecule has 0 unspecified atom stereocenters. The largest absolute Gasteiger partial charge is 0.454 e. The van der Waals surface area contributed by atoms with Gasteiger partial charge in [-0.15, -0.1) is 0 Å². The molecule has 0 fully saturated rings. The number of primary amides is 1. The highest BCUT2D eigenvalue weighted by Gasteiger charge is 2.14. The Morgan fingerprint density at radius 2 is 2.19 bits per heavy atom. The summed E-state index contributed by atoms with van der Waals surface area (Å²) in [6.45, 7) is 2.30. The molecule has 0 saturated heterocycles. The molecule has 0 bridgehead atoms. The molecule has 0 saturated carbocycles. The molecule has 2 N–H and O–H groups in total. The van der Waals surface area contributed by atoms with Crippen LogP contribution in [0.3, 0.4) is 0 Å². The van der Waals surface area contributed by atoms with E-state index in [1.54, 1.807) is 0 Å². The molecule has 1 amide bonds. The van der Waals surface area contributed by atoms with E-state index in [0.717, 1.165) is 23.5 Å². The van der Waals surface area contributed by atoms with E-state index < -0.39 is 0 Å². The highest BCUT2D eigenvalue weighted by Crippen LogP contribution is 2.33. The molecule has 0 aliphatic carbocycles. The van der Waals surface area contributed by atoms with Crippen molar-refractivity contribution < 1.29 is 14.3 Å². The van der Waals surface area contributed by atoms with Crippen LogP contribution >= 0.6 is 0 Å². The van der Waals surface area contributed by atoms with Crippen LogP contribution in [0, 0.1) is 5.92 Å². The summed E-state index contributed by atoms with van der Waals surface area (Å²) in [5.41, 5.74) is 6.29. The third-order valence-electron chi connectivity index (χ3n) is 2.57. The summed E-state index contributed by atoms with van der Waals surface area (Å²) in [5, 5.41) is 0. The van der Waals surface area contributed by atoms with E-state index in [1.807, 2.05) is 25.1 Å². The van der Waals surface area contributed by atoms with Gasteiger partial charge in [-0.3, -0.25) is 4.79 Å². The Labute approximate surface area is 94.3 Å². The average Bonchev–Trinajstić information content (AvgIpc) is 2.63. The smallest absolute Gasteiger partial charge is 0.231 e. The third kappa shape index (κ3) is 2.45. The maximum absolute atomic E-state index is 10.8. The van der Waals surface area contributed by atoms with Crippen LogP contribution in [0.5, 0.6) is 11.5 Å². The Morgan fingerprint density at radius 3 is 2.94 bits per heavy atom. The summed E-state index contributed by atoms with van der Waals surface area (Å²) in [7, 11) is 0. The molecule has 1 aliphatic rings. The second-order valence-corrected chi connectivity index (χ2v) is 4.17. The van der Waals surface area contributed by atoms with Crippen LogP contribution in [0.4, 0.5) is 0 Å². The molecule has 4 heteroatoms. The number of carbonyl (C=O) groups excluding carboxylic acids is 1. The lowest BCUT2D eigenvalue weighted by Gasteiger charge is -2.09. The van der Waals surface area contributed by atoms with Gasteiger partial charge in [0.2, 0.25) is 12.7 Å². The standard InChI is InChI=1S/C12H15NO3/c1-8(5-12(13)14)4-9-2-3-10-11(6-9)16-7-15-10/h2-3,6,8H,4-5,7H2,1H3,(H2,13,14)/t8-/m0/s1. The van der Waals surface area contributed by atoms with Crippen LogP contribution in [0.2, 0.25) is 0 Å². The lowest BCUT2D eigenvalue weighted by Crippen LogP contribution is -2.15. The number of carbonyl (C=O) groups is 1. The molecule has 1 heterocycles. The van der Waals surface area contributed by atoms with E-state index >= 15 is 0 Å². The van der Waals surface area contributed by atoms with Gasteiger partial charge in [0.1, 0.15) is 0 Å². The molecule has 0 spiro atoms. The number of hydrogen-bond acceptors (Lipinski definition) is 3. The topological polar surface area (TPSA) is 61.6 Å². The van der Waals surface area contributed by atoms with Crippen molar-refractivity contribution >= 4 is 5.91 Å². The van der Waals surface area contributed by atoms with Crippen molar-refractivity contribution in [2.24, 2.45) is 11.7 Å². The highest BCUT2D eigenvalue weighted by atomic mass is 16.7. The SMILES string of the molecule is C[C@H](CC(N)=O)Cc1ccc2c(c1)OCO2. The minimum atomic E-state index is -0.256. The molecular weight excluding hydrogens is 206 g/mol. The van der Waals surface area contributed by atoms with Gasteiger partial charge in [-0.05, 0) is 30.0 Å². The van der Waals surface area contributed by atoms with Crippen molar-refractivity contribution in [2.45, 2.75) is 19.8 Å². The number of fused-ring (bicyclic) bond motifs is 1. The Kier molecular flexibility index (Phi) is 2.99. The number of amides is 1. The van der Waals surface area contributed by atoms with Crippen LogP contribution in [-0.4, -0.2) is 12.7 Å². The van der Waals surface area contributed by atoms with Crippen molar-refractivity contribution in [1.29, 1.82) is 0 Å². The van der Waals surface area contributed by atoms with Gasteiger partial charge < -0.3 is 15.2 Å². The molecule has 0 radical (unpaired) electrons. The molecule has 1 atom stereocenters. The Hall–Kier alpha value is -1.71. The van der Waals surface area contributed by atoms with Gasteiger partial charge in [0.25, 0.3) is 0 Å². The van der Waals surface area contributed by atoms with Crippen LogP contribution < -0.4 is 15.2 Å². The van der Waals surface area contributed by atoms with Crippen molar-refractivity contribution in [3.63, 3.8) is 0 Å². The van der Waals surface area contributed by atoms with Crippen molar-refractivity contribution in [1.82, 2.24) is 0 Å². The lowest BCUT2D eigenvalue weighted by molar-refractivity contribution is -0.118.